The van der Waals surface area contributed by atoms with Crippen molar-refractivity contribution in [3.8, 4) is 0 Å². The lowest BCUT2D eigenvalue weighted by Gasteiger charge is -2.03. The number of carboxylic acid groups (broad SMARTS) is 1. The summed E-state index contributed by atoms with van der Waals surface area (Å²) in [5, 5.41) is 9.62. The van der Waals surface area contributed by atoms with Crippen molar-refractivity contribution in [3.05, 3.63) is 29.0 Å². The van der Waals surface area contributed by atoms with Crippen LogP contribution in [0, 0.1) is 0 Å². The Bertz CT molecular complexity index is 522. The van der Waals surface area contributed by atoms with Gasteiger partial charge in [-0.15, -0.1) is 0 Å². The number of pyridine rings is 1. The molecule has 0 aliphatic heterocycles. The number of fused-ring (bicyclic) bond motifs is 1. The minimum atomic E-state index is -0.759. The Labute approximate surface area is 101 Å². The highest BCUT2D eigenvalue weighted by atomic mass is 79.9. The van der Waals surface area contributed by atoms with E-state index in [0.29, 0.717) is 13.0 Å². The largest absolute Gasteiger partial charge is 0.481 e. The van der Waals surface area contributed by atoms with Crippen LogP contribution in [0.25, 0.3) is 11.0 Å². The molecule has 2 aromatic heterocycles. The molecule has 0 aromatic carbocycles. The van der Waals surface area contributed by atoms with Crippen molar-refractivity contribution in [2.75, 3.05) is 0 Å². The van der Waals surface area contributed by atoms with E-state index in [2.05, 4.69) is 20.9 Å². The van der Waals surface area contributed by atoms with Crippen molar-refractivity contribution in [1.29, 1.82) is 0 Å². The van der Waals surface area contributed by atoms with Crippen molar-refractivity contribution < 1.29 is 9.90 Å². The predicted octanol–water partition coefficient (Wildman–Crippen LogP) is 2.66. The summed E-state index contributed by atoms with van der Waals surface area (Å²) in [7, 11) is 0. The first-order chi connectivity index (χ1) is 7.68. The molecule has 0 saturated heterocycles. The molecule has 5 heteroatoms. The van der Waals surface area contributed by atoms with E-state index >= 15 is 0 Å². The van der Waals surface area contributed by atoms with Gasteiger partial charge < -0.3 is 9.67 Å². The molecule has 2 aromatic rings. The molecule has 0 saturated carbocycles. The van der Waals surface area contributed by atoms with Gasteiger partial charge in [0.1, 0.15) is 5.65 Å². The molecule has 84 valence electrons. The van der Waals surface area contributed by atoms with E-state index in [-0.39, 0.29) is 6.42 Å². The fourth-order valence-corrected chi connectivity index (χ4v) is 2.07. The lowest BCUT2D eigenvalue weighted by Crippen LogP contribution is -2.01. The first-order valence-electron chi connectivity index (χ1n) is 4.99. The molecule has 4 nitrogen and oxygen atoms in total. The molecular formula is C11H11BrN2O2. The Morgan fingerprint density at radius 1 is 1.50 bits per heavy atom. The smallest absolute Gasteiger partial charge is 0.303 e. The van der Waals surface area contributed by atoms with Crippen LogP contribution in [0.15, 0.2) is 29.0 Å². The second-order valence-corrected chi connectivity index (χ2v) is 4.39. The number of halogens is 1. The van der Waals surface area contributed by atoms with Gasteiger partial charge in [0.25, 0.3) is 0 Å². The summed E-state index contributed by atoms with van der Waals surface area (Å²) in [5.74, 6) is -0.759. The summed E-state index contributed by atoms with van der Waals surface area (Å²) in [4.78, 5) is 14.7. The number of rotatable bonds is 4. The van der Waals surface area contributed by atoms with Gasteiger partial charge in [-0.2, -0.15) is 0 Å². The summed E-state index contributed by atoms with van der Waals surface area (Å²) >= 11 is 3.45. The normalized spacial score (nSPS) is 10.8. The highest BCUT2D eigenvalue weighted by Gasteiger charge is 2.05. The lowest BCUT2D eigenvalue weighted by atomic mass is 10.3. The molecule has 0 unspecified atom stereocenters. The molecule has 0 spiro atoms. The lowest BCUT2D eigenvalue weighted by molar-refractivity contribution is -0.137. The van der Waals surface area contributed by atoms with Gasteiger partial charge in [-0.25, -0.2) is 4.98 Å². The minimum Gasteiger partial charge on any atom is -0.481 e. The standard InChI is InChI=1S/C11H11BrN2O2/c12-9-3-5-13-11-8(9)4-7-14(11)6-1-2-10(15)16/h3-5,7H,1-2,6H2,(H,15,16). The van der Waals surface area contributed by atoms with Gasteiger partial charge >= 0.3 is 5.97 Å². The van der Waals surface area contributed by atoms with Gasteiger partial charge in [0, 0.05) is 35.2 Å². The molecule has 1 N–H and O–H groups in total. The third-order valence-electron chi connectivity index (χ3n) is 2.40. The number of aromatic nitrogens is 2. The summed E-state index contributed by atoms with van der Waals surface area (Å²) in [6.07, 6.45) is 4.48. The van der Waals surface area contributed by atoms with Crippen LogP contribution in [-0.2, 0) is 11.3 Å². The van der Waals surface area contributed by atoms with E-state index < -0.39 is 5.97 Å². The van der Waals surface area contributed by atoms with Crippen LogP contribution in [0.5, 0.6) is 0 Å². The number of carbonyl (C=O) groups is 1. The van der Waals surface area contributed by atoms with Gasteiger partial charge in [-0.05, 0) is 34.5 Å². The van der Waals surface area contributed by atoms with Crippen LogP contribution in [-0.4, -0.2) is 20.6 Å². The first-order valence-corrected chi connectivity index (χ1v) is 5.79. The summed E-state index contributed by atoms with van der Waals surface area (Å²) in [6, 6.07) is 3.87. The third kappa shape index (κ3) is 2.24. The molecule has 0 fully saturated rings. The zero-order chi connectivity index (χ0) is 11.5. The van der Waals surface area contributed by atoms with Crippen LogP contribution < -0.4 is 0 Å². The van der Waals surface area contributed by atoms with Crippen molar-refractivity contribution in [1.82, 2.24) is 9.55 Å². The van der Waals surface area contributed by atoms with E-state index in [1.54, 1.807) is 6.20 Å². The SMILES string of the molecule is O=C(O)CCCn1ccc2c(Br)ccnc21. The molecule has 0 amide bonds. The first kappa shape index (κ1) is 11.1. The van der Waals surface area contributed by atoms with E-state index in [9.17, 15) is 4.79 Å². The van der Waals surface area contributed by atoms with E-state index in [1.807, 2.05) is 22.9 Å². The monoisotopic (exact) mass is 282 g/mol. The molecular weight excluding hydrogens is 272 g/mol. The Balaban J connectivity index is 2.19. The van der Waals surface area contributed by atoms with Crippen molar-refractivity contribution in [2.45, 2.75) is 19.4 Å². The van der Waals surface area contributed by atoms with Gasteiger partial charge in [0.05, 0.1) is 0 Å². The molecule has 0 aliphatic carbocycles. The topological polar surface area (TPSA) is 55.1 Å². The van der Waals surface area contributed by atoms with E-state index in [1.165, 1.54) is 0 Å². The van der Waals surface area contributed by atoms with Crippen LogP contribution >= 0.6 is 15.9 Å². The zero-order valence-electron chi connectivity index (χ0n) is 8.56. The number of aryl methyl sites for hydroxylation is 1. The minimum absolute atomic E-state index is 0.188. The fourth-order valence-electron chi connectivity index (χ4n) is 1.64. The van der Waals surface area contributed by atoms with E-state index in [0.717, 1.165) is 15.5 Å². The molecule has 0 radical (unpaired) electrons. The Kier molecular flexibility index (Phi) is 3.24. The van der Waals surface area contributed by atoms with Gasteiger partial charge in [-0.3, -0.25) is 4.79 Å². The highest BCUT2D eigenvalue weighted by Crippen LogP contribution is 2.22. The second kappa shape index (κ2) is 4.65. The van der Waals surface area contributed by atoms with Crippen molar-refractivity contribution in [3.63, 3.8) is 0 Å². The Hall–Kier alpha value is -1.36. The zero-order valence-corrected chi connectivity index (χ0v) is 10.1. The number of carboxylic acids is 1. The summed E-state index contributed by atoms with van der Waals surface area (Å²) < 4.78 is 2.98. The van der Waals surface area contributed by atoms with Gasteiger partial charge in [0.2, 0.25) is 0 Å². The number of aliphatic carboxylic acids is 1. The van der Waals surface area contributed by atoms with Crippen LogP contribution in [0.2, 0.25) is 0 Å². The van der Waals surface area contributed by atoms with Crippen LogP contribution in [0.4, 0.5) is 0 Å². The molecule has 2 heterocycles. The quantitative estimate of drug-likeness (QED) is 0.938. The van der Waals surface area contributed by atoms with Gasteiger partial charge in [0.15, 0.2) is 0 Å². The average Bonchev–Trinajstić information content (AvgIpc) is 2.63. The molecule has 2 rings (SSSR count). The third-order valence-corrected chi connectivity index (χ3v) is 3.09. The van der Waals surface area contributed by atoms with Crippen molar-refractivity contribution >= 4 is 32.9 Å². The number of hydrogen-bond donors (Lipinski definition) is 1. The second-order valence-electron chi connectivity index (χ2n) is 3.54. The van der Waals surface area contributed by atoms with Gasteiger partial charge in [-0.1, -0.05) is 0 Å². The Morgan fingerprint density at radius 3 is 3.06 bits per heavy atom. The van der Waals surface area contributed by atoms with Crippen LogP contribution in [0.3, 0.4) is 0 Å². The Morgan fingerprint density at radius 2 is 2.31 bits per heavy atom. The molecule has 0 aliphatic rings. The summed E-state index contributed by atoms with van der Waals surface area (Å²) in [6.45, 7) is 0.680. The van der Waals surface area contributed by atoms with E-state index in [4.69, 9.17) is 5.11 Å². The predicted molar refractivity (Wildman–Crippen MR) is 64.3 cm³/mol. The van der Waals surface area contributed by atoms with Crippen molar-refractivity contribution in [2.24, 2.45) is 0 Å². The maximum Gasteiger partial charge on any atom is 0.303 e. The maximum atomic E-state index is 10.4. The molecule has 0 bridgehead atoms. The average molecular weight is 283 g/mol. The summed E-state index contributed by atoms with van der Waals surface area (Å²) in [5.41, 5.74) is 0.889. The molecule has 0 atom stereocenters. The maximum absolute atomic E-state index is 10.4. The fraction of sp³-hybridized carbons (Fsp3) is 0.273. The number of hydrogen-bond acceptors (Lipinski definition) is 2. The molecule has 16 heavy (non-hydrogen) atoms. The van der Waals surface area contributed by atoms with Crippen LogP contribution in [0.1, 0.15) is 12.8 Å². The highest BCUT2D eigenvalue weighted by molar-refractivity contribution is 9.10. The number of nitrogens with zero attached hydrogens (tertiary/aromatic N) is 2.